The molecule has 0 radical (unpaired) electrons. The molecule has 136 valence electrons. The zero-order valence-corrected chi connectivity index (χ0v) is 14.4. The molecule has 1 aromatic carbocycles. The van der Waals surface area contributed by atoms with Gasteiger partial charge in [0.25, 0.3) is 5.91 Å². The predicted molar refractivity (Wildman–Crippen MR) is 95.4 cm³/mol. The van der Waals surface area contributed by atoms with E-state index in [1.807, 2.05) is 23.1 Å². The number of nitrogens with one attached hydrogen (secondary N) is 2. The van der Waals surface area contributed by atoms with Crippen LogP contribution in [0, 0.1) is 0 Å². The quantitative estimate of drug-likeness (QED) is 0.796. The third-order valence-electron chi connectivity index (χ3n) is 4.18. The van der Waals surface area contributed by atoms with Crippen molar-refractivity contribution in [1.82, 2.24) is 10.2 Å². The Balaban J connectivity index is 1.46. The van der Waals surface area contributed by atoms with Gasteiger partial charge in [0.15, 0.2) is 0 Å². The fourth-order valence-corrected chi connectivity index (χ4v) is 2.85. The Hall–Kier alpha value is -3.09. The molecule has 7 nitrogen and oxygen atoms in total. The first-order chi connectivity index (χ1) is 12.6. The summed E-state index contributed by atoms with van der Waals surface area (Å²) in [6.07, 6.45) is 4.45. The first kappa shape index (κ1) is 17.7. The molecule has 2 N–H and O–H groups in total. The van der Waals surface area contributed by atoms with Gasteiger partial charge in [0.05, 0.1) is 11.8 Å². The van der Waals surface area contributed by atoms with Crippen LogP contribution in [0.1, 0.15) is 35.2 Å². The molecule has 0 spiro atoms. The minimum Gasteiger partial charge on any atom is -0.472 e. The zero-order chi connectivity index (χ0) is 18.4. The lowest BCUT2D eigenvalue weighted by Gasteiger charge is -2.16. The van der Waals surface area contributed by atoms with Crippen LogP contribution in [0.25, 0.3) is 0 Å². The summed E-state index contributed by atoms with van der Waals surface area (Å²) in [5.41, 5.74) is 2.08. The highest BCUT2D eigenvalue weighted by molar-refractivity contribution is 5.95. The number of carbonyl (C=O) groups excluding carboxylic acids is 3. The first-order valence-electron chi connectivity index (χ1n) is 8.59. The Kier molecular flexibility index (Phi) is 5.68. The Morgan fingerprint density at radius 2 is 2.12 bits per heavy atom. The molecule has 7 heteroatoms. The molecule has 3 rings (SSSR count). The second-order valence-corrected chi connectivity index (χ2v) is 6.19. The Morgan fingerprint density at radius 3 is 2.85 bits per heavy atom. The maximum absolute atomic E-state index is 12.0. The van der Waals surface area contributed by atoms with Crippen LogP contribution < -0.4 is 10.6 Å². The van der Waals surface area contributed by atoms with E-state index in [2.05, 4.69) is 10.6 Å². The topological polar surface area (TPSA) is 91.7 Å². The maximum Gasteiger partial charge on any atom is 0.254 e. The molecule has 2 heterocycles. The van der Waals surface area contributed by atoms with Gasteiger partial charge in [-0.1, -0.05) is 12.1 Å². The van der Waals surface area contributed by atoms with Gasteiger partial charge in [-0.15, -0.1) is 0 Å². The summed E-state index contributed by atoms with van der Waals surface area (Å²) in [5.74, 6) is -0.288. The Bertz CT molecular complexity index is 786. The van der Waals surface area contributed by atoms with E-state index in [0.29, 0.717) is 24.2 Å². The van der Waals surface area contributed by atoms with Gasteiger partial charge in [-0.05, 0) is 30.2 Å². The van der Waals surface area contributed by atoms with Crippen molar-refractivity contribution in [3.8, 4) is 0 Å². The molecule has 3 amide bonds. The Labute approximate surface area is 151 Å². The van der Waals surface area contributed by atoms with E-state index in [-0.39, 0.29) is 30.7 Å². The zero-order valence-electron chi connectivity index (χ0n) is 14.4. The van der Waals surface area contributed by atoms with E-state index in [9.17, 15) is 14.4 Å². The number of carbonyl (C=O) groups is 3. The maximum atomic E-state index is 12.0. The summed E-state index contributed by atoms with van der Waals surface area (Å²) in [6.45, 7) is 1.58. The van der Waals surface area contributed by atoms with Crippen LogP contribution in [0.4, 0.5) is 5.69 Å². The van der Waals surface area contributed by atoms with Crippen molar-refractivity contribution < 1.29 is 18.8 Å². The highest BCUT2D eigenvalue weighted by Gasteiger charge is 2.20. The number of likely N-dealkylation sites (tertiary alicyclic amines) is 1. The van der Waals surface area contributed by atoms with E-state index >= 15 is 0 Å². The molecular weight excluding hydrogens is 334 g/mol. The van der Waals surface area contributed by atoms with Crippen LogP contribution in [0.2, 0.25) is 0 Å². The van der Waals surface area contributed by atoms with Crippen molar-refractivity contribution in [3.63, 3.8) is 0 Å². The van der Waals surface area contributed by atoms with Crippen molar-refractivity contribution in [2.45, 2.75) is 25.8 Å². The third kappa shape index (κ3) is 4.72. The lowest BCUT2D eigenvalue weighted by atomic mass is 10.2. The molecule has 26 heavy (non-hydrogen) atoms. The second-order valence-electron chi connectivity index (χ2n) is 6.19. The van der Waals surface area contributed by atoms with Gasteiger partial charge in [-0.25, -0.2) is 0 Å². The fraction of sp³-hybridized carbons (Fsp3) is 0.316. The van der Waals surface area contributed by atoms with Gasteiger partial charge >= 0.3 is 0 Å². The molecule has 2 aromatic rings. The van der Waals surface area contributed by atoms with Gasteiger partial charge in [-0.3, -0.25) is 14.4 Å². The second kappa shape index (κ2) is 8.33. The average molecular weight is 355 g/mol. The van der Waals surface area contributed by atoms with Gasteiger partial charge in [0, 0.05) is 38.2 Å². The molecule has 0 unspecified atom stereocenters. The molecule has 0 aliphatic carbocycles. The standard InChI is InChI=1S/C19H21N3O4/c23-17(6-8-20-19(25)15-7-10-26-13-15)21-16-4-1-3-14(11-16)12-22-9-2-5-18(22)24/h1,3-4,7,10-11,13H,2,5-6,8-9,12H2,(H,20,25)(H,21,23). The third-order valence-corrected chi connectivity index (χ3v) is 4.18. The number of hydrogen-bond acceptors (Lipinski definition) is 4. The number of furan rings is 1. The SMILES string of the molecule is O=C(CCNC(=O)c1ccoc1)Nc1cccc(CN2CCCC2=O)c1. The first-order valence-corrected chi connectivity index (χ1v) is 8.59. The van der Waals surface area contributed by atoms with Crippen LogP contribution >= 0.6 is 0 Å². The monoisotopic (exact) mass is 355 g/mol. The van der Waals surface area contributed by atoms with Crippen molar-refractivity contribution >= 4 is 23.4 Å². The lowest BCUT2D eigenvalue weighted by molar-refractivity contribution is -0.128. The average Bonchev–Trinajstić information content (AvgIpc) is 3.28. The number of benzene rings is 1. The van der Waals surface area contributed by atoms with E-state index in [0.717, 1.165) is 18.5 Å². The fourth-order valence-electron chi connectivity index (χ4n) is 2.85. The number of hydrogen-bond donors (Lipinski definition) is 2. The van der Waals surface area contributed by atoms with E-state index in [1.165, 1.54) is 12.5 Å². The van der Waals surface area contributed by atoms with Crippen molar-refractivity contribution in [1.29, 1.82) is 0 Å². The predicted octanol–water partition coefficient (Wildman–Crippen LogP) is 2.16. The molecular formula is C19H21N3O4. The van der Waals surface area contributed by atoms with Crippen LogP contribution in [0.3, 0.4) is 0 Å². The number of nitrogens with zero attached hydrogens (tertiary/aromatic N) is 1. The molecule has 1 aromatic heterocycles. The molecule has 0 bridgehead atoms. The van der Waals surface area contributed by atoms with Crippen LogP contribution in [-0.2, 0) is 16.1 Å². The molecule has 1 aliphatic heterocycles. The van der Waals surface area contributed by atoms with Crippen molar-refractivity contribution in [2.75, 3.05) is 18.4 Å². The summed E-state index contributed by atoms with van der Waals surface area (Å²) in [6, 6.07) is 9.02. The van der Waals surface area contributed by atoms with Gasteiger partial charge in [0.2, 0.25) is 11.8 Å². The van der Waals surface area contributed by atoms with E-state index < -0.39 is 0 Å². The summed E-state index contributed by atoms with van der Waals surface area (Å²) >= 11 is 0. The molecule has 1 saturated heterocycles. The van der Waals surface area contributed by atoms with Gasteiger partial charge in [0.1, 0.15) is 6.26 Å². The van der Waals surface area contributed by atoms with E-state index in [1.54, 1.807) is 12.1 Å². The molecule has 1 fully saturated rings. The molecule has 1 aliphatic rings. The summed E-state index contributed by atoms with van der Waals surface area (Å²) < 4.78 is 4.84. The summed E-state index contributed by atoms with van der Waals surface area (Å²) in [5, 5.41) is 5.48. The lowest BCUT2D eigenvalue weighted by Crippen LogP contribution is -2.27. The van der Waals surface area contributed by atoms with Crippen LogP contribution in [0.5, 0.6) is 0 Å². The number of amides is 3. The molecule has 0 saturated carbocycles. The van der Waals surface area contributed by atoms with Crippen LogP contribution in [0.15, 0.2) is 47.3 Å². The summed E-state index contributed by atoms with van der Waals surface area (Å²) in [4.78, 5) is 37.3. The van der Waals surface area contributed by atoms with Crippen molar-refractivity contribution in [3.05, 3.63) is 54.0 Å². The number of rotatable bonds is 7. The van der Waals surface area contributed by atoms with E-state index in [4.69, 9.17) is 4.42 Å². The minimum absolute atomic E-state index is 0.165. The smallest absolute Gasteiger partial charge is 0.254 e. The van der Waals surface area contributed by atoms with Gasteiger partial charge in [-0.2, -0.15) is 0 Å². The Morgan fingerprint density at radius 1 is 1.23 bits per heavy atom. The highest BCUT2D eigenvalue weighted by Crippen LogP contribution is 2.17. The normalized spacial score (nSPS) is 13.7. The minimum atomic E-state index is -0.274. The largest absolute Gasteiger partial charge is 0.472 e. The van der Waals surface area contributed by atoms with Crippen LogP contribution in [-0.4, -0.2) is 35.7 Å². The summed E-state index contributed by atoms with van der Waals surface area (Å²) in [7, 11) is 0. The van der Waals surface area contributed by atoms with Gasteiger partial charge < -0.3 is 20.0 Å². The highest BCUT2D eigenvalue weighted by atomic mass is 16.3. The molecule has 0 atom stereocenters. The van der Waals surface area contributed by atoms with Crippen molar-refractivity contribution in [2.24, 2.45) is 0 Å². The number of anilines is 1.